The first-order valence-corrected chi connectivity index (χ1v) is 10.9. The molecule has 168 valence electrons. The number of hydrogen-bond acceptors (Lipinski definition) is 3. The molecule has 3 aromatic carbocycles. The second kappa shape index (κ2) is 8.75. The summed E-state index contributed by atoms with van der Waals surface area (Å²) in [6.45, 7) is 1.72. The number of halogens is 2. The van der Waals surface area contributed by atoms with Crippen LogP contribution in [0.15, 0.2) is 66.9 Å². The minimum atomic E-state index is -0.396. The van der Waals surface area contributed by atoms with Crippen LogP contribution in [0, 0.1) is 11.6 Å². The maximum Gasteiger partial charge on any atom is 0.254 e. The third kappa shape index (κ3) is 4.36. The van der Waals surface area contributed by atoms with Crippen LogP contribution in [0.1, 0.15) is 22.3 Å². The Bertz CT molecular complexity index is 1300. The van der Waals surface area contributed by atoms with Crippen molar-refractivity contribution in [2.45, 2.75) is 19.0 Å². The van der Waals surface area contributed by atoms with Crippen LogP contribution in [0.25, 0.3) is 22.0 Å². The van der Waals surface area contributed by atoms with E-state index in [9.17, 15) is 13.6 Å². The standard InChI is InChI=1S/C26H24F2N4O/c1-31-11-10-23(16-31)32(26(33)17-2-6-22(27)7-3-17)15-21-13-18(4-8-24(21)28)19-5-9-25-20(12-19)14-29-30-25/h2-9,12-14,23H,10-11,15-16H2,1H3,(H,29,30)/t23-/m0/s1. The maximum absolute atomic E-state index is 14.9. The Kier molecular flexibility index (Phi) is 5.64. The van der Waals surface area contributed by atoms with E-state index in [0.717, 1.165) is 35.0 Å². The molecule has 0 bridgehead atoms. The quantitative estimate of drug-likeness (QED) is 0.477. The molecule has 1 aromatic heterocycles. The smallest absolute Gasteiger partial charge is 0.254 e. The summed E-state index contributed by atoms with van der Waals surface area (Å²) in [6.07, 6.45) is 2.56. The Balaban J connectivity index is 1.48. The van der Waals surface area contributed by atoms with E-state index in [2.05, 4.69) is 15.1 Å². The molecule has 0 saturated carbocycles. The fourth-order valence-corrected chi connectivity index (χ4v) is 4.47. The first kappa shape index (κ1) is 21.3. The first-order valence-electron chi connectivity index (χ1n) is 10.9. The van der Waals surface area contributed by atoms with E-state index >= 15 is 0 Å². The van der Waals surface area contributed by atoms with Crippen molar-refractivity contribution >= 4 is 16.8 Å². The SMILES string of the molecule is CN1CC[C@H](N(Cc2cc(-c3ccc4[nH]ncc4c3)ccc2F)C(=O)c2ccc(F)cc2)C1. The molecular formula is C26H24F2N4O. The van der Waals surface area contributed by atoms with E-state index in [1.807, 2.05) is 25.2 Å². The zero-order valence-corrected chi connectivity index (χ0v) is 18.3. The maximum atomic E-state index is 14.9. The van der Waals surface area contributed by atoms with Crippen molar-refractivity contribution < 1.29 is 13.6 Å². The van der Waals surface area contributed by atoms with Gasteiger partial charge in [0.15, 0.2) is 0 Å². The number of carbonyl (C=O) groups excluding carboxylic acids is 1. The minimum absolute atomic E-state index is 0.0436. The number of rotatable bonds is 5. The summed E-state index contributed by atoms with van der Waals surface area (Å²) in [6, 6.07) is 16.4. The van der Waals surface area contributed by atoms with Gasteiger partial charge >= 0.3 is 0 Å². The van der Waals surface area contributed by atoms with Crippen LogP contribution < -0.4 is 0 Å². The van der Waals surface area contributed by atoms with Gasteiger partial charge in [-0.15, -0.1) is 0 Å². The number of benzene rings is 3. The van der Waals surface area contributed by atoms with Crippen molar-refractivity contribution in [1.29, 1.82) is 0 Å². The summed E-state index contributed by atoms with van der Waals surface area (Å²) in [5.74, 6) is -0.974. The topological polar surface area (TPSA) is 52.2 Å². The summed E-state index contributed by atoms with van der Waals surface area (Å²) in [5.41, 5.74) is 3.59. The van der Waals surface area contributed by atoms with Gasteiger partial charge in [0.1, 0.15) is 11.6 Å². The molecule has 33 heavy (non-hydrogen) atoms. The molecule has 0 spiro atoms. The zero-order chi connectivity index (χ0) is 22.9. The highest BCUT2D eigenvalue weighted by molar-refractivity contribution is 5.94. The molecule has 1 N–H and O–H groups in total. The molecule has 1 fully saturated rings. The van der Waals surface area contributed by atoms with Crippen LogP contribution in [0.5, 0.6) is 0 Å². The Morgan fingerprint density at radius 1 is 1.09 bits per heavy atom. The number of nitrogens with zero attached hydrogens (tertiary/aromatic N) is 3. The van der Waals surface area contributed by atoms with Gasteiger partial charge in [-0.05, 0) is 79.7 Å². The van der Waals surface area contributed by atoms with Crippen molar-refractivity contribution in [3.8, 4) is 11.1 Å². The molecule has 1 aliphatic heterocycles. The van der Waals surface area contributed by atoms with Gasteiger partial charge < -0.3 is 9.80 Å². The number of carbonyl (C=O) groups is 1. The Labute approximate surface area is 190 Å². The molecule has 4 aromatic rings. The van der Waals surface area contributed by atoms with Crippen LogP contribution in [0.2, 0.25) is 0 Å². The summed E-state index contributed by atoms with van der Waals surface area (Å²) in [7, 11) is 2.01. The number of likely N-dealkylation sites (N-methyl/N-ethyl adjacent to an activating group) is 1. The second-order valence-corrected chi connectivity index (χ2v) is 8.62. The number of aromatic nitrogens is 2. The minimum Gasteiger partial charge on any atom is -0.330 e. The zero-order valence-electron chi connectivity index (χ0n) is 18.3. The van der Waals surface area contributed by atoms with Gasteiger partial charge in [-0.3, -0.25) is 9.89 Å². The van der Waals surface area contributed by atoms with Gasteiger partial charge in [-0.25, -0.2) is 8.78 Å². The van der Waals surface area contributed by atoms with Gasteiger partial charge in [0, 0.05) is 35.6 Å². The predicted molar refractivity (Wildman–Crippen MR) is 124 cm³/mol. The average molecular weight is 447 g/mol. The highest BCUT2D eigenvalue weighted by atomic mass is 19.1. The van der Waals surface area contributed by atoms with Crippen LogP contribution in [0.4, 0.5) is 8.78 Å². The van der Waals surface area contributed by atoms with Gasteiger partial charge in [-0.2, -0.15) is 5.10 Å². The number of fused-ring (bicyclic) bond motifs is 1. The number of aromatic amines is 1. The molecule has 5 rings (SSSR count). The highest BCUT2D eigenvalue weighted by Gasteiger charge is 2.30. The van der Waals surface area contributed by atoms with E-state index in [0.29, 0.717) is 17.7 Å². The lowest BCUT2D eigenvalue weighted by Gasteiger charge is -2.29. The third-order valence-electron chi connectivity index (χ3n) is 6.32. The summed E-state index contributed by atoms with van der Waals surface area (Å²) >= 11 is 0. The molecule has 1 aliphatic rings. The van der Waals surface area contributed by atoms with Crippen LogP contribution in [-0.4, -0.2) is 52.1 Å². The van der Waals surface area contributed by atoms with Crippen LogP contribution in [-0.2, 0) is 6.54 Å². The van der Waals surface area contributed by atoms with Crippen molar-refractivity contribution in [1.82, 2.24) is 20.0 Å². The van der Waals surface area contributed by atoms with Crippen molar-refractivity contribution in [3.05, 3.63) is 89.6 Å². The lowest BCUT2D eigenvalue weighted by atomic mass is 10.0. The van der Waals surface area contributed by atoms with Gasteiger partial charge in [-0.1, -0.05) is 12.1 Å². The Morgan fingerprint density at radius 2 is 1.85 bits per heavy atom. The number of amides is 1. The van der Waals surface area contributed by atoms with Crippen LogP contribution in [0.3, 0.4) is 0 Å². The second-order valence-electron chi connectivity index (χ2n) is 8.62. The number of likely N-dealkylation sites (tertiary alicyclic amines) is 1. The molecule has 1 atom stereocenters. The van der Waals surface area contributed by atoms with Crippen LogP contribution >= 0.6 is 0 Å². The van der Waals surface area contributed by atoms with Crippen molar-refractivity contribution in [3.63, 3.8) is 0 Å². The van der Waals surface area contributed by atoms with Gasteiger partial charge in [0.05, 0.1) is 11.7 Å². The molecule has 7 heteroatoms. The Morgan fingerprint density at radius 3 is 2.61 bits per heavy atom. The lowest BCUT2D eigenvalue weighted by molar-refractivity contribution is 0.0665. The van der Waals surface area contributed by atoms with E-state index in [1.165, 1.54) is 30.3 Å². The molecule has 2 heterocycles. The fourth-order valence-electron chi connectivity index (χ4n) is 4.47. The monoisotopic (exact) mass is 446 g/mol. The lowest BCUT2D eigenvalue weighted by Crippen LogP contribution is -2.41. The molecule has 0 radical (unpaired) electrons. The molecule has 5 nitrogen and oxygen atoms in total. The normalized spacial score (nSPS) is 16.4. The van der Waals surface area contributed by atoms with E-state index in [-0.39, 0.29) is 24.3 Å². The Hall–Kier alpha value is -3.58. The summed E-state index contributed by atoms with van der Waals surface area (Å²) in [4.78, 5) is 17.3. The molecule has 1 saturated heterocycles. The van der Waals surface area contributed by atoms with Gasteiger partial charge in [0.2, 0.25) is 0 Å². The first-order chi connectivity index (χ1) is 16.0. The highest BCUT2D eigenvalue weighted by Crippen LogP contribution is 2.27. The average Bonchev–Trinajstić information content (AvgIpc) is 3.47. The third-order valence-corrected chi connectivity index (χ3v) is 6.32. The van der Waals surface area contributed by atoms with E-state index in [4.69, 9.17) is 0 Å². The molecule has 0 unspecified atom stereocenters. The van der Waals surface area contributed by atoms with Crippen molar-refractivity contribution in [2.75, 3.05) is 20.1 Å². The summed E-state index contributed by atoms with van der Waals surface area (Å²) in [5, 5.41) is 7.96. The van der Waals surface area contributed by atoms with E-state index in [1.54, 1.807) is 23.2 Å². The van der Waals surface area contributed by atoms with Crippen molar-refractivity contribution in [2.24, 2.45) is 0 Å². The van der Waals surface area contributed by atoms with E-state index < -0.39 is 5.82 Å². The summed E-state index contributed by atoms with van der Waals surface area (Å²) < 4.78 is 28.3. The largest absolute Gasteiger partial charge is 0.330 e. The molecular weight excluding hydrogens is 422 g/mol. The number of hydrogen-bond donors (Lipinski definition) is 1. The fraction of sp³-hybridized carbons (Fsp3) is 0.231. The predicted octanol–water partition coefficient (Wildman–Crippen LogP) is 4.85. The number of nitrogens with one attached hydrogen (secondary N) is 1. The molecule has 1 amide bonds. The van der Waals surface area contributed by atoms with Gasteiger partial charge in [0.25, 0.3) is 5.91 Å². The molecule has 0 aliphatic carbocycles. The number of H-pyrrole nitrogens is 1.